The van der Waals surface area contributed by atoms with Crippen molar-refractivity contribution in [2.45, 2.75) is 199 Å². The highest BCUT2D eigenvalue weighted by atomic mass is 16.8. The summed E-state index contributed by atoms with van der Waals surface area (Å²) in [6.07, 6.45) is -5.78. The van der Waals surface area contributed by atoms with Crippen LogP contribution in [0.15, 0.2) is 0 Å². The highest BCUT2D eigenvalue weighted by molar-refractivity contribution is 5.72. The molecule has 304 valence electrons. The lowest BCUT2D eigenvalue weighted by Crippen LogP contribution is -2.64. The lowest BCUT2D eigenvalue weighted by atomic mass is 9.97. The van der Waals surface area contributed by atoms with Crippen molar-refractivity contribution < 1.29 is 73.1 Å². The summed E-state index contributed by atoms with van der Waals surface area (Å²) in [4.78, 5) is 52.3. The van der Waals surface area contributed by atoms with Crippen LogP contribution in [0, 0.1) is 0 Å². The van der Waals surface area contributed by atoms with E-state index in [0.717, 1.165) is 64.2 Å². The predicted octanol–water partition coefficient (Wildman–Crippen LogP) is 3.50. The Kier molecular flexibility index (Phi) is 25.7. The number of unbranched alkanes of at least 4 members (excludes halogenated alkanes) is 10. The third-order valence-electron chi connectivity index (χ3n) is 8.74. The van der Waals surface area contributed by atoms with Gasteiger partial charge >= 0.3 is 23.9 Å². The van der Waals surface area contributed by atoms with Crippen LogP contribution < -0.4 is 0 Å². The van der Waals surface area contributed by atoms with Gasteiger partial charge in [0.2, 0.25) is 6.29 Å². The minimum Gasteiger partial charge on any atom is -0.463 e. The molecular formula is C37H66O15. The van der Waals surface area contributed by atoms with Crippen LogP contribution in [0.3, 0.4) is 0 Å². The zero-order valence-electron chi connectivity index (χ0n) is 31.7. The summed E-state index contributed by atoms with van der Waals surface area (Å²) in [6.45, 7) is 6.51. The van der Waals surface area contributed by atoms with Crippen molar-refractivity contribution in [1.82, 2.24) is 0 Å². The van der Waals surface area contributed by atoms with E-state index in [1.807, 2.05) is 20.8 Å². The maximum absolute atomic E-state index is 13.2. The van der Waals surface area contributed by atoms with E-state index in [9.17, 15) is 44.7 Å². The van der Waals surface area contributed by atoms with Gasteiger partial charge in [-0.05, 0) is 25.7 Å². The summed E-state index contributed by atoms with van der Waals surface area (Å²) in [7, 11) is 0. The van der Waals surface area contributed by atoms with Crippen LogP contribution in [-0.4, -0.2) is 118 Å². The molecular weight excluding hydrogens is 684 g/mol. The molecule has 1 heterocycles. The second-order valence-corrected chi connectivity index (χ2v) is 13.4. The quantitative estimate of drug-likeness (QED) is 0.0319. The molecule has 52 heavy (non-hydrogen) atoms. The van der Waals surface area contributed by atoms with E-state index in [2.05, 4.69) is 6.92 Å². The fourth-order valence-corrected chi connectivity index (χ4v) is 5.56. The molecule has 15 nitrogen and oxygen atoms in total. The van der Waals surface area contributed by atoms with Crippen LogP contribution in [0.4, 0.5) is 0 Å². The maximum Gasteiger partial charge on any atom is 0.306 e. The van der Waals surface area contributed by atoms with Crippen LogP contribution in [-0.2, 0) is 47.6 Å². The molecule has 1 aliphatic heterocycles. The van der Waals surface area contributed by atoms with Crippen LogP contribution in [0.2, 0.25) is 0 Å². The summed E-state index contributed by atoms with van der Waals surface area (Å²) >= 11 is 0. The van der Waals surface area contributed by atoms with Crippen molar-refractivity contribution >= 4 is 23.9 Å². The number of hydrogen-bond donors (Lipinski definition) is 5. The van der Waals surface area contributed by atoms with Crippen LogP contribution in [0.5, 0.6) is 0 Å². The summed E-state index contributed by atoms with van der Waals surface area (Å²) < 4.78 is 34.7. The van der Waals surface area contributed by atoms with Gasteiger partial charge in [-0.3, -0.25) is 19.2 Å². The Balaban J connectivity index is 3.60. The fourth-order valence-electron chi connectivity index (χ4n) is 5.56. The second kappa shape index (κ2) is 28.1. The Labute approximate surface area is 308 Å². The van der Waals surface area contributed by atoms with Crippen molar-refractivity contribution in [3.8, 4) is 0 Å². The highest BCUT2D eigenvalue weighted by Crippen LogP contribution is 2.32. The smallest absolute Gasteiger partial charge is 0.306 e. The topological polar surface area (TPSA) is 225 Å². The fraction of sp³-hybridized carbons (Fsp3) is 0.892. The molecule has 0 aromatic heterocycles. The Morgan fingerprint density at radius 3 is 1.48 bits per heavy atom. The standard InChI is InChI=1S/C37H66O15/c1-5-9-13-14-18-22-30(43)51-35-34(50-29(42)21-17-12-8-4)33(49-28(41)20-16-11-7-3)26(24-47-27(40)19-15-10-6-2)48-37(35)52-36(46)32(45)31(44)25(39)23-38/h25-26,31-39,44-46H,5-24H2,1-4H3/t25-,26+,31-,32+,33+,34-,35-,36?,37-/m0/s1. The number of hydrogen-bond acceptors (Lipinski definition) is 15. The molecule has 9 atom stereocenters. The average molecular weight is 751 g/mol. The maximum atomic E-state index is 13.2. The van der Waals surface area contributed by atoms with Gasteiger partial charge in [-0.2, -0.15) is 0 Å². The van der Waals surface area contributed by atoms with E-state index < -0.39 is 92.4 Å². The van der Waals surface area contributed by atoms with Gasteiger partial charge in [-0.1, -0.05) is 91.9 Å². The molecule has 1 rings (SSSR count). The van der Waals surface area contributed by atoms with Crippen molar-refractivity contribution in [2.24, 2.45) is 0 Å². The monoisotopic (exact) mass is 750 g/mol. The number of aliphatic hydroxyl groups is 5. The molecule has 1 saturated heterocycles. The van der Waals surface area contributed by atoms with E-state index in [1.54, 1.807) is 0 Å². The van der Waals surface area contributed by atoms with E-state index >= 15 is 0 Å². The Morgan fingerprint density at radius 1 is 0.558 bits per heavy atom. The molecule has 0 saturated carbocycles. The molecule has 0 aromatic carbocycles. The van der Waals surface area contributed by atoms with Crippen molar-refractivity contribution in [3.05, 3.63) is 0 Å². The van der Waals surface area contributed by atoms with Gasteiger partial charge in [-0.25, -0.2) is 0 Å². The molecule has 0 spiro atoms. The van der Waals surface area contributed by atoms with Crippen LogP contribution >= 0.6 is 0 Å². The number of ether oxygens (including phenoxy) is 6. The number of carbonyl (C=O) groups is 4. The van der Waals surface area contributed by atoms with Crippen molar-refractivity contribution in [2.75, 3.05) is 13.2 Å². The first-order valence-corrected chi connectivity index (χ1v) is 19.3. The molecule has 0 amide bonds. The number of aliphatic hydroxyl groups excluding tert-OH is 5. The molecule has 1 unspecified atom stereocenters. The summed E-state index contributed by atoms with van der Waals surface area (Å²) in [5, 5.41) is 50.7. The van der Waals surface area contributed by atoms with Gasteiger partial charge < -0.3 is 54.0 Å². The van der Waals surface area contributed by atoms with Gasteiger partial charge in [0.25, 0.3) is 0 Å². The van der Waals surface area contributed by atoms with E-state index in [-0.39, 0.29) is 25.7 Å². The lowest BCUT2D eigenvalue weighted by molar-refractivity contribution is -0.349. The molecule has 1 aliphatic rings. The van der Waals surface area contributed by atoms with Gasteiger partial charge in [0.05, 0.1) is 6.61 Å². The van der Waals surface area contributed by atoms with E-state index in [0.29, 0.717) is 25.7 Å². The Bertz CT molecular complexity index is 994. The van der Waals surface area contributed by atoms with Gasteiger partial charge in [0.1, 0.15) is 31.0 Å². The molecule has 0 radical (unpaired) electrons. The Hall–Kier alpha value is -2.40. The second-order valence-electron chi connectivity index (χ2n) is 13.4. The van der Waals surface area contributed by atoms with E-state index in [4.69, 9.17) is 28.4 Å². The zero-order valence-corrected chi connectivity index (χ0v) is 31.7. The molecule has 0 bridgehead atoms. The largest absolute Gasteiger partial charge is 0.463 e. The number of carbonyl (C=O) groups excluding carboxylic acids is 4. The number of rotatable bonds is 29. The Morgan fingerprint density at radius 2 is 0.981 bits per heavy atom. The molecule has 1 fully saturated rings. The lowest BCUT2D eigenvalue weighted by Gasteiger charge is -2.45. The number of esters is 4. The molecule has 5 N–H and O–H groups in total. The average Bonchev–Trinajstić information content (AvgIpc) is 3.12. The normalized spacial score (nSPS) is 22.5. The molecule has 0 aromatic rings. The van der Waals surface area contributed by atoms with Crippen LogP contribution in [0.25, 0.3) is 0 Å². The minimum absolute atomic E-state index is 0.0170. The third-order valence-corrected chi connectivity index (χ3v) is 8.74. The van der Waals surface area contributed by atoms with E-state index in [1.165, 1.54) is 0 Å². The van der Waals surface area contributed by atoms with Gasteiger partial charge in [-0.15, -0.1) is 0 Å². The molecule has 15 heteroatoms. The van der Waals surface area contributed by atoms with Crippen LogP contribution in [0.1, 0.15) is 143 Å². The minimum atomic E-state index is -2.30. The van der Waals surface area contributed by atoms with Gasteiger partial charge in [0, 0.05) is 25.7 Å². The summed E-state index contributed by atoms with van der Waals surface area (Å²) in [5.74, 6) is -2.66. The predicted molar refractivity (Wildman–Crippen MR) is 187 cm³/mol. The van der Waals surface area contributed by atoms with Crippen molar-refractivity contribution in [3.63, 3.8) is 0 Å². The summed E-state index contributed by atoms with van der Waals surface area (Å²) in [6, 6.07) is 0. The summed E-state index contributed by atoms with van der Waals surface area (Å²) in [5.41, 5.74) is 0. The zero-order chi connectivity index (χ0) is 38.9. The van der Waals surface area contributed by atoms with Gasteiger partial charge in [0.15, 0.2) is 24.6 Å². The third kappa shape index (κ3) is 18.6. The SMILES string of the molecule is CCCCCCCC(=O)O[C@@H]1[C@H](OC(O)[C@H](O)[C@@H](O)[C@@H](O)CO)O[C@H](COC(=O)CCCCC)[C@@H](OC(=O)CCCCC)[C@@H]1OC(=O)CCCCC. The molecule has 0 aliphatic carbocycles. The first-order valence-electron chi connectivity index (χ1n) is 19.3. The van der Waals surface area contributed by atoms with Crippen molar-refractivity contribution in [1.29, 1.82) is 0 Å². The highest BCUT2D eigenvalue weighted by Gasteiger charge is 2.54. The first-order chi connectivity index (χ1) is 24.9. The first kappa shape index (κ1) is 47.6.